The van der Waals surface area contributed by atoms with Crippen LogP contribution in [0.2, 0.25) is 0 Å². The van der Waals surface area contributed by atoms with E-state index in [0.717, 1.165) is 10.6 Å². The van der Waals surface area contributed by atoms with E-state index in [1.165, 1.54) is 0 Å². The summed E-state index contributed by atoms with van der Waals surface area (Å²) in [4.78, 5) is 20.7. The van der Waals surface area contributed by atoms with Gasteiger partial charge in [-0.05, 0) is 24.6 Å². The minimum absolute atomic E-state index is 0.166. The lowest BCUT2D eigenvalue weighted by molar-refractivity contribution is 0.251. The average molecular weight is 342 g/mol. The molecule has 0 aliphatic rings. The molecule has 124 valence electrons. The van der Waals surface area contributed by atoms with Gasteiger partial charge in [0.15, 0.2) is 5.82 Å². The quantitative estimate of drug-likeness (QED) is 0.746. The Hall–Kier alpha value is -2.74. The second-order valence-electron chi connectivity index (χ2n) is 5.43. The van der Waals surface area contributed by atoms with Crippen LogP contribution < -0.4 is 10.6 Å². The first kappa shape index (κ1) is 16.1. The van der Waals surface area contributed by atoms with Crippen LogP contribution in [0, 0.1) is 6.92 Å². The molecule has 7 nitrogen and oxygen atoms in total. The highest BCUT2D eigenvalue weighted by Crippen LogP contribution is 2.17. The van der Waals surface area contributed by atoms with Crippen LogP contribution in [0.25, 0.3) is 5.82 Å². The first-order valence-electron chi connectivity index (χ1n) is 7.55. The molecule has 0 radical (unpaired) electrons. The van der Waals surface area contributed by atoms with Gasteiger partial charge < -0.3 is 5.32 Å². The van der Waals surface area contributed by atoms with Crippen molar-refractivity contribution in [2.45, 2.75) is 19.8 Å². The molecule has 0 spiro atoms. The molecule has 3 aromatic rings. The van der Waals surface area contributed by atoms with Gasteiger partial charge in [0.05, 0.1) is 11.2 Å². The van der Waals surface area contributed by atoms with E-state index in [9.17, 15) is 4.79 Å². The molecule has 3 aromatic heterocycles. The van der Waals surface area contributed by atoms with E-state index >= 15 is 0 Å². The Labute approximate surface area is 143 Å². The maximum absolute atomic E-state index is 12.1. The molecule has 0 aliphatic heterocycles. The predicted molar refractivity (Wildman–Crippen MR) is 93.6 cm³/mol. The van der Waals surface area contributed by atoms with Crippen molar-refractivity contribution in [2.24, 2.45) is 0 Å². The molecule has 2 amide bonds. The van der Waals surface area contributed by atoms with E-state index in [2.05, 4.69) is 25.7 Å². The second-order valence-corrected chi connectivity index (χ2v) is 6.35. The van der Waals surface area contributed by atoms with Crippen molar-refractivity contribution in [1.29, 1.82) is 0 Å². The van der Waals surface area contributed by atoms with Gasteiger partial charge in [-0.1, -0.05) is 6.92 Å². The van der Waals surface area contributed by atoms with Gasteiger partial charge >= 0.3 is 6.03 Å². The summed E-state index contributed by atoms with van der Waals surface area (Å²) in [6.45, 7) is 4.52. The fourth-order valence-electron chi connectivity index (χ4n) is 2.19. The van der Waals surface area contributed by atoms with E-state index in [0.29, 0.717) is 18.2 Å². The van der Waals surface area contributed by atoms with Gasteiger partial charge in [0, 0.05) is 36.3 Å². The van der Waals surface area contributed by atoms with Crippen LogP contribution >= 0.6 is 11.3 Å². The number of anilines is 1. The fourth-order valence-corrected chi connectivity index (χ4v) is 2.89. The maximum Gasteiger partial charge on any atom is 0.320 e. The zero-order valence-corrected chi connectivity index (χ0v) is 14.2. The summed E-state index contributed by atoms with van der Waals surface area (Å²) in [5.74, 6) is 1.39. The van der Waals surface area contributed by atoms with Crippen molar-refractivity contribution in [2.75, 3.05) is 11.9 Å². The predicted octanol–water partition coefficient (Wildman–Crippen LogP) is 2.96. The molecule has 0 saturated carbocycles. The third-order valence-electron chi connectivity index (χ3n) is 3.44. The zero-order valence-electron chi connectivity index (χ0n) is 13.4. The van der Waals surface area contributed by atoms with Gasteiger partial charge in [-0.3, -0.25) is 5.32 Å². The maximum atomic E-state index is 12.1. The normalized spacial score (nSPS) is 11.9. The summed E-state index contributed by atoms with van der Waals surface area (Å²) in [6.07, 6.45) is 5.10. The number of nitrogens with zero attached hydrogens (tertiary/aromatic N) is 4. The van der Waals surface area contributed by atoms with Gasteiger partial charge in [-0.2, -0.15) is 9.78 Å². The summed E-state index contributed by atoms with van der Waals surface area (Å²) < 4.78 is 1.59. The highest BCUT2D eigenvalue weighted by atomic mass is 32.1. The standard InChI is InChI=1S/C16H18N6OS/c1-11-3-5-17-14(9-11)22-13(4-6-20-22)21-16(23)19-10-12(2)15-18-7-8-24-15/h3-9,12H,10H2,1-2H3,(H2,19,21,23). The number of aryl methyl sites for hydroxylation is 1. The number of urea groups is 1. The number of amides is 2. The molecule has 24 heavy (non-hydrogen) atoms. The number of pyridine rings is 1. The Balaban J connectivity index is 1.62. The van der Waals surface area contributed by atoms with Crippen LogP contribution in [-0.4, -0.2) is 32.3 Å². The van der Waals surface area contributed by atoms with Crippen molar-refractivity contribution in [3.05, 3.63) is 52.7 Å². The van der Waals surface area contributed by atoms with Crippen LogP contribution in [0.4, 0.5) is 10.6 Å². The highest BCUT2D eigenvalue weighted by Gasteiger charge is 2.12. The summed E-state index contributed by atoms with van der Waals surface area (Å²) in [7, 11) is 0. The summed E-state index contributed by atoms with van der Waals surface area (Å²) >= 11 is 1.58. The molecule has 3 heterocycles. The molecular formula is C16H18N6OS. The number of aromatic nitrogens is 4. The van der Waals surface area contributed by atoms with E-state index in [-0.39, 0.29) is 11.9 Å². The Morgan fingerprint density at radius 1 is 1.29 bits per heavy atom. The fraction of sp³-hybridized carbons (Fsp3) is 0.250. The van der Waals surface area contributed by atoms with Gasteiger partial charge in [-0.25, -0.2) is 14.8 Å². The van der Waals surface area contributed by atoms with Crippen LogP contribution in [0.3, 0.4) is 0 Å². The van der Waals surface area contributed by atoms with Crippen LogP contribution in [0.1, 0.15) is 23.4 Å². The van der Waals surface area contributed by atoms with Crippen LogP contribution in [0.5, 0.6) is 0 Å². The number of rotatable bonds is 5. The third kappa shape index (κ3) is 3.77. The van der Waals surface area contributed by atoms with E-state index < -0.39 is 0 Å². The second kappa shape index (κ2) is 7.22. The van der Waals surface area contributed by atoms with Crippen molar-refractivity contribution in [3.8, 4) is 5.82 Å². The van der Waals surface area contributed by atoms with Crippen LogP contribution in [0.15, 0.2) is 42.2 Å². The summed E-state index contributed by atoms with van der Waals surface area (Å²) in [6, 6.07) is 5.26. The number of carbonyl (C=O) groups is 1. The Morgan fingerprint density at radius 3 is 2.92 bits per heavy atom. The van der Waals surface area contributed by atoms with Gasteiger partial charge in [-0.15, -0.1) is 11.3 Å². The van der Waals surface area contributed by atoms with E-state index in [1.54, 1.807) is 40.7 Å². The molecule has 8 heteroatoms. The van der Waals surface area contributed by atoms with Gasteiger partial charge in [0.25, 0.3) is 0 Å². The zero-order chi connectivity index (χ0) is 16.9. The molecule has 0 bridgehead atoms. The first-order valence-corrected chi connectivity index (χ1v) is 8.43. The van der Waals surface area contributed by atoms with E-state index in [1.807, 2.05) is 31.4 Å². The number of thiazole rings is 1. The largest absolute Gasteiger partial charge is 0.337 e. The van der Waals surface area contributed by atoms with Crippen molar-refractivity contribution in [3.63, 3.8) is 0 Å². The molecule has 2 N–H and O–H groups in total. The van der Waals surface area contributed by atoms with E-state index in [4.69, 9.17) is 0 Å². The molecule has 0 aromatic carbocycles. The highest BCUT2D eigenvalue weighted by molar-refractivity contribution is 7.09. The first-order chi connectivity index (χ1) is 11.6. The van der Waals surface area contributed by atoms with Crippen molar-refractivity contribution >= 4 is 23.2 Å². The minimum atomic E-state index is -0.284. The Bertz CT molecular complexity index is 814. The summed E-state index contributed by atoms with van der Waals surface area (Å²) in [5, 5.41) is 12.8. The smallest absolute Gasteiger partial charge is 0.320 e. The SMILES string of the molecule is Cc1ccnc(-n2nccc2NC(=O)NCC(C)c2nccs2)c1. The molecule has 1 atom stereocenters. The number of hydrogen-bond donors (Lipinski definition) is 2. The minimum Gasteiger partial charge on any atom is -0.337 e. The van der Waals surface area contributed by atoms with Gasteiger partial charge in [0.2, 0.25) is 0 Å². The molecular weight excluding hydrogens is 324 g/mol. The lowest BCUT2D eigenvalue weighted by Crippen LogP contribution is -2.32. The molecule has 3 rings (SSSR count). The topological polar surface area (TPSA) is 84.7 Å². The molecule has 1 unspecified atom stereocenters. The Kier molecular flexibility index (Phi) is 4.85. The monoisotopic (exact) mass is 342 g/mol. The molecule has 0 saturated heterocycles. The summed E-state index contributed by atoms with van der Waals surface area (Å²) in [5.41, 5.74) is 1.07. The molecule has 0 aliphatic carbocycles. The average Bonchev–Trinajstić information content (AvgIpc) is 3.24. The number of hydrogen-bond acceptors (Lipinski definition) is 5. The van der Waals surface area contributed by atoms with Gasteiger partial charge in [0.1, 0.15) is 5.82 Å². The number of carbonyl (C=O) groups excluding carboxylic acids is 1. The Morgan fingerprint density at radius 2 is 2.17 bits per heavy atom. The van der Waals surface area contributed by atoms with Crippen molar-refractivity contribution in [1.82, 2.24) is 25.1 Å². The molecule has 0 fully saturated rings. The lowest BCUT2D eigenvalue weighted by atomic mass is 10.2. The lowest BCUT2D eigenvalue weighted by Gasteiger charge is -2.12. The van der Waals surface area contributed by atoms with Crippen molar-refractivity contribution < 1.29 is 4.79 Å². The third-order valence-corrected chi connectivity index (χ3v) is 4.45. The number of nitrogens with one attached hydrogen (secondary N) is 2. The van der Waals surface area contributed by atoms with Crippen LogP contribution in [-0.2, 0) is 0 Å².